The van der Waals surface area contributed by atoms with Gasteiger partial charge in [0.2, 0.25) is 0 Å². The van der Waals surface area contributed by atoms with Gasteiger partial charge >= 0.3 is 0 Å². The molecule has 0 aliphatic carbocycles. The maximum absolute atomic E-state index is 4.12. The Kier molecular flexibility index (Phi) is 5.98. The number of hydrogen-bond donors (Lipinski definition) is 0. The summed E-state index contributed by atoms with van der Waals surface area (Å²) in [6, 6.07) is 0. The number of alkyl halides is 1. The summed E-state index contributed by atoms with van der Waals surface area (Å²) >= 11 is 6.74. The lowest BCUT2D eigenvalue weighted by molar-refractivity contribution is 0.555. The van der Waals surface area contributed by atoms with Crippen LogP contribution in [-0.4, -0.2) is 20.4 Å². The summed E-state index contributed by atoms with van der Waals surface area (Å²) in [5, 5.41) is 1.11. The van der Waals surface area contributed by atoms with E-state index >= 15 is 0 Å². The predicted molar refractivity (Wildman–Crippen MR) is 62.8 cm³/mol. The first-order valence-electron chi connectivity index (χ1n) is 4.28. The van der Waals surface area contributed by atoms with Gasteiger partial charge in [0.15, 0.2) is 4.34 Å². The average Bonchev–Trinajstić information content (AvgIpc) is 2.57. The second-order valence-electron chi connectivity index (χ2n) is 2.93. The van der Waals surface area contributed by atoms with Crippen LogP contribution in [0.1, 0.15) is 19.8 Å². The minimum absolute atomic E-state index is 0.805. The second kappa shape index (κ2) is 6.79. The first-order chi connectivity index (χ1) is 6.33. The number of aromatic nitrogens is 2. The molecule has 1 aromatic rings. The summed E-state index contributed by atoms with van der Waals surface area (Å²) < 4.78 is 5.05. The van der Waals surface area contributed by atoms with Crippen molar-refractivity contribution in [2.75, 3.05) is 11.1 Å². The lowest BCUT2D eigenvalue weighted by Gasteiger charge is -2.06. The van der Waals surface area contributed by atoms with Crippen LogP contribution in [0.15, 0.2) is 10.7 Å². The molecule has 0 spiro atoms. The molecule has 0 fully saturated rings. The number of nitrogens with zero attached hydrogens (tertiary/aromatic N) is 2. The first-order valence-corrected chi connectivity index (χ1v) is 7.16. The second-order valence-corrected chi connectivity index (χ2v) is 5.84. The molecule has 1 heterocycles. The van der Waals surface area contributed by atoms with Gasteiger partial charge in [-0.15, -0.1) is 0 Å². The molecule has 0 radical (unpaired) electrons. The molecular formula is C8H13BrN2S2. The molecule has 5 heteroatoms. The van der Waals surface area contributed by atoms with Crippen molar-refractivity contribution in [3.05, 3.63) is 6.33 Å². The zero-order chi connectivity index (χ0) is 9.52. The van der Waals surface area contributed by atoms with Crippen LogP contribution in [0, 0.1) is 5.92 Å². The van der Waals surface area contributed by atoms with Gasteiger partial charge in [-0.2, -0.15) is 4.37 Å². The molecule has 0 bridgehead atoms. The van der Waals surface area contributed by atoms with Crippen LogP contribution >= 0.6 is 39.2 Å². The Bertz CT molecular complexity index is 216. The number of halogens is 1. The van der Waals surface area contributed by atoms with Crippen molar-refractivity contribution in [2.45, 2.75) is 24.1 Å². The van der Waals surface area contributed by atoms with E-state index in [1.165, 1.54) is 24.4 Å². The van der Waals surface area contributed by atoms with E-state index in [1.54, 1.807) is 6.33 Å². The van der Waals surface area contributed by atoms with Crippen LogP contribution in [-0.2, 0) is 0 Å². The standard InChI is InChI=1S/C8H13BrN2S2/c1-7(2-4-9)3-5-12-8-10-6-11-13-8/h6-7H,2-5H2,1H3. The van der Waals surface area contributed by atoms with Gasteiger partial charge < -0.3 is 0 Å². The Morgan fingerprint density at radius 1 is 1.62 bits per heavy atom. The third-order valence-corrected chi connectivity index (χ3v) is 4.07. The normalized spacial score (nSPS) is 13.1. The van der Waals surface area contributed by atoms with E-state index in [-0.39, 0.29) is 0 Å². The van der Waals surface area contributed by atoms with Gasteiger partial charge in [0.25, 0.3) is 0 Å². The maximum Gasteiger partial charge on any atom is 0.169 e. The minimum atomic E-state index is 0.805. The highest BCUT2D eigenvalue weighted by atomic mass is 79.9. The van der Waals surface area contributed by atoms with Gasteiger partial charge in [-0.3, -0.25) is 0 Å². The molecule has 0 aliphatic rings. The van der Waals surface area contributed by atoms with Crippen LogP contribution < -0.4 is 0 Å². The Morgan fingerprint density at radius 3 is 3.08 bits per heavy atom. The van der Waals surface area contributed by atoms with E-state index in [9.17, 15) is 0 Å². The predicted octanol–water partition coefficient (Wildman–Crippen LogP) is 3.44. The molecule has 1 atom stereocenters. The van der Waals surface area contributed by atoms with Crippen molar-refractivity contribution in [1.29, 1.82) is 0 Å². The summed E-state index contributed by atoms with van der Waals surface area (Å²) in [6.07, 6.45) is 4.14. The van der Waals surface area contributed by atoms with Gasteiger partial charge in [0, 0.05) is 11.1 Å². The van der Waals surface area contributed by atoms with Gasteiger partial charge in [-0.05, 0) is 30.3 Å². The Hall–Kier alpha value is 0.390. The van der Waals surface area contributed by atoms with Gasteiger partial charge in [0.05, 0.1) is 0 Å². The third-order valence-electron chi connectivity index (χ3n) is 1.78. The molecule has 0 amide bonds. The fourth-order valence-corrected chi connectivity index (χ4v) is 3.37. The minimum Gasteiger partial charge on any atom is -0.216 e. The molecule has 0 aliphatic heterocycles. The van der Waals surface area contributed by atoms with Crippen LogP contribution in [0.5, 0.6) is 0 Å². The van der Waals surface area contributed by atoms with E-state index in [4.69, 9.17) is 0 Å². The van der Waals surface area contributed by atoms with Gasteiger partial charge in [-0.25, -0.2) is 4.98 Å². The largest absolute Gasteiger partial charge is 0.216 e. The van der Waals surface area contributed by atoms with Crippen molar-refractivity contribution in [3.63, 3.8) is 0 Å². The first kappa shape index (κ1) is 11.5. The number of thioether (sulfide) groups is 1. The SMILES string of the molecule is CC(CCBr)CCSc1ncns1. The quantitative estimate of drug-likeness (QED) is 0.590. The molecule has 1 rings (SSSR count). The molecule has 0 aromatic carbocycles. The lowest BCUT2D eigenvalue weighted by Crippen LogP contribution is -1.96. The van der Waals surface area contributed by atoms with Crippen molar-refractivity contribution in [2.24, 2.45) is 5.92 Å². The zero-order valence-corrected chi connectivity index (χ0v) is 10.8. The highest BCUT2D eigenvalue weighted by Gasteiger charge is 2.02. The number of hydrogen-bond acceptors (Lipinski definition) is 4. The van der Waals surface area contributed by atoms with E-state index in [0.717, 1.165) is 21.3 Å². The smallest absolute Gasteiger partial charge is 0.169 e. The summed E-state index contributed by atoms with van der Waals surface area (Å²) in [6.45, 7) is 2.29. The average molecular weight is 281 g/mol. The fourth-order valence-electron chi connectivity index (χ4n) is 0.905. The van der Waals surface area contributed by atoms with Gasteiger partial charge in [-0.1, -0.05) is 34.6 Å². The van der Waals surface area contributed by atoms with Crippen molar-refractivity contribution < 1.29 is 0 Å². The molecule has 13 heavy (non-hydrogen) atoms. The molecule has 1 aromatic heterocycles. The summed E-state index contributed by atoms with van der Waals surface area (Å²) in [5.41, 5.74) is 0. The molecule has 0 N–H and O–H groups in total. The van der Waals surface area contributed by atoms with E-state index in [2.05, 4.69) is 32.2 Å². The third kappa shape index (κ3) is 4.98. The molecule has 74 valence electrons. The van der Waals surface area contributed by atoms with Crippen molar-refractivity contribution in [3.8, 4) is 0 Å². The van der Waals surface area contributed by atoms with Crippen molar-refractivity contribution >= 4 is 39.2 Å². The Balaban J connectivity index is 2.07. The van der Waals surface area contributed by atoms with Crippen molar-refractivity contribution in [1.82, 2.24) is 9.36 Å². The van der Waals surface area contributed by atoms with E-state index < -0.39 is 0 Å². The van der Waals surface area contributed by atoms with Crippen LogP contribution in [0.25, 0.3) is 0 Å². The Morgan fingerprint density at radius 2 is 2.46 bits per heavy atom. The van der Waals surface area contributed by atoms with Gasteiger partial charge in [0.1, 0.15) is 6.33 Å². The molecule has 2 nitrogen and oxygen atoms in total. The molecule has 1 unspecified atom stereocenters. The highest BCUT2D eigenvalue weighted by molar-refractivity contribution is 9.09. The molecule has 0 saturated heterocycles. The zero-order valence-electron chi connectivity index (χ0n) is 7.57. The summed E-state index contributed by atoms with van der Waals surface area (Å²) in [7, 11) is 0. The Labute approximate surface area is 95.8 Å². The lowest BCUT2D eigenvalue weighted by atomic mass is 10.1. The maximum atomic E-state index is 4.12. The monoisotopic (exact) mass is 280 g/mol. The molecular weight excluding hydrogens is 268 g/mol. The molecule has 0 saturated carbocycles. The summed E-state index contributed by atoms with van der Waals surface area (Å²) in [4.78, 5) is 4.12. The fraction of sp³-hybridized carbons (Fsp3) is 0.750. The van der Waals surface area contributed by atoms with Crippen LogP contribution in [0.2, 0.25) is 0 Å². The van der Waals surface area contributed by atoms with E-state index in [1.807, 2.05) is 11.8 Å². The topological polar surface area (TPSA) is 25.8 Å². The van der Waals surface area contributed by atoms with E-state index in [0.29, 0.717) is 0 Å². The highest BCUT2D eigenvalue weighted by Crippen LogP contribution is 2.21. The van der Waals surface area contributed by atoms with Crippen LogP contribution in [0.4, 0.5) is 0 Å². The summed E-state index contributed by atoms with van der Waals surface area (Å²) in [5.74, 6) is 1.96. The van der Waals surface area contributed by atoms with Crippen LogP contribution in [0.3, 0.4) is 0 Å². The number of rotatable bonds is 6.